The smallest absolute Gasteiger partial charge is 0.253 e. The number of carbonyl (C=O) groups excluding carboxylic acids is 2. The van der Waals surface area contributed by atoms with E-state index >= 15 is 0 Å². The predicted octanol–water partition coefficient (Wildman–Crippen LogP) is 2.24. The predicted molar refractivity (Wildman–Crippen MR) is 82.8 cm³/mol. The Hall–Kier alpha value is -2.43. The van der Waals surface area contributed by atoms with Crippen molar-refractivity contribution in [1.29, 1.82) is 0 Å². The van der Waals surface area contributed by atoms with Crippen molar-refractivity contribution in [3.8, 4) is 0 Å². The molecule has 2 rings (SSSR count). The van der Waals surface area contributed by atoms with Crippen molar-refractivity contribution in [2.24, 2.45) is 0 Å². The van der Waals surface area contributed by atoms with Gasteiger partial charge < -0.3 is 9.80 Å². The first-order chi connectivity index (χ1) is 10.6. The standard InChI is InChI=1S/C17H19FN2O2/c1-2-3-4-5-16(21)19-10-12-20(13-11-19)17(22)14-6-8-15(18)9-7-14/h2-9H,10-13H2,1H3/b3-2+,5-4+. The molecular weight excluding hydrogens is 283 g/mol. The molecule has 5 heteroatoms. The average Bonchev–Trinajstić information content (AvgIpc) is 2.55. The highest BCUT2D eigenvalue weighted by molar-refractivity contribution is 5.94. The van der Waals surface area contributed by atoms with Gasteiger partial charge in [0.05, 0.1) is 0 Å². The topological polar surface area (TPSA) is 40.6 Å². The molecule has 0 unspecified atom stereocenters. The first kappa shape index (κ1) is 15.9. The van der Waals surface area contributed by atoms with Crippen LogP contribution in [0.15, 0.2) is 48.6 Å². The van der Waals surface area contributed by atoms with Crippen LogP contribution in [0.1, 0.15) is 17.3 Å². The quantitative estimate of drug-likeness (QED) is 0.634. The Bertz CT molecular complexity index is 585. The van der Waals surface area contributed by atoms with E-state index in [0.717, 1.165) is 0 Å². The fourth-order valence-corrected chi connectivity index (χ4v) is 2.26. The summed E-state index contributed by atoms with van der Waals surface area (Å²) in [6.45, 7) is 3.87. The number of amides is 2. The van der Waals surface area contributed by atoms with Crippen LogP contribution < -0.4 is 0 Å². The van der Waals surface area contributed by atoms with Crippen LogP contribution >= 0.6 is 0 Å². The van der Waals surface area contributed by atoms with Crippen LogP contribution in [0.5, 0.6) is 0 Å². The lowest BCUT2D eigenvalue weighted by Gasteiger charge is -2.34. The normalized spacial score (nSPS) is 15.7. The summed E-state index contributed by atoms with van der Waals surface area (Å²) in [5.74, 6) is -0.538. The van der Waals surface area contributed by atoms with Crippen LogP contribution in [-0.2, 0) is 4.79 Å². The van der Waals surface area contributed by atoms with Gasteiger partial charge in [0.1, 0.15) is 5.82 Å². The molecule has 1 heterocycles. The molecule has 1 aliphatic heterocycles. The van der Waals surface area contributed by atoms with Gasteiger partial charge in [0, 0.05) is 37.8 Å². The Morgan fingerprint density at radius 3 is 2.18 bits per heavy atom. The number of nitrogens with zero attached hydrogens (tertiary/aromatic N) is 2. The molecule has 0 N–H and O–H groups in total. The average molecular weight is 302 g/mol. The fraction of sp³-hybridized carbons (Fsp3) is 0.294. The minimum absolute atomic E-state index is 0.0491. The Kier molecular flexibility index (Phi) is 5.47. The molecule has 2 amide bonds. The zero-order chi connectivity index (χ0) is 15.9. The van der Waals surface area contributed by atoms with E-state index in [-0.39, 0.29) is 17.6 Å². The molecule has 0 saturated carbocycles. The summed E-state index contributed by atoms with van der Waals surface area (Å²) >= 11 is 0. The maximum Gasteiger partial charge on any atom is 0.253 e. The summed E-state index contributed by atoms with van der Waals surface area (Å²) in [6, 6.07) is 5.52. The Balaban J connectivity index is 1.90. The number of rotatable bonds is 3. The molecule has 1 saturated heterocycles. The third-order valence-electron chi connectivity index (χ3n) is 3.51. The second-order valence-corrected chi connectivity index (χ2v) is 5.01. The van der Waals surface area contributed by atoms with Gasteiger partial charge in [-0.3, -0.25) is 9.59 Å². The van der Waals surface area contributed by atoms with Crippen molar-refractivity contribution in [2.75, 3.05) is 26.2 Å². The van der Waals surface area contributed by atoms with Crippen LogP contribution in [-0.4, -0.2) is 47.8 Å². The third-order valence-corrected chi connectivity index (χ3v) is 3.51. The van der Waals surface area contributed by atoms with E-state index in [1.807, 2.05) is 13.0 Å². The number of piperazine rings is 1. The number of hydrogen-bond acceptors (Lipinski definition) is 2. The van der Waals surface area contributed by atoms with Gasteiger partial charge in [-0.25, -0.2) is 4.39 Å². The Morgan fingerprint density at radius 2 is 1.59 bits per heavy atom. The lowest BCUT2D eigenvalue weighted by atomic mass is 10.1. The molecule has 1 fully saturated rings. The van der Waals surface area contributed by atoms with Gasteiger partial charge in [0.25, 0.3) is 5.91 Å². The van der Waals surface area contributed by atoms with Gasteiger partial charge in [-0.2, -0.15) is 0 Å². The van der Waals surface area contributed by atoms with Gasteiger partial charge in [-0.05, 0) is 31.2 Å². The second-order valence-electron chi connectivity index (χ2n) is 5.01. The minimum atomic E-state index is -0.361. The molecule has 22 heavy (non-hydrogen) atoms. The molecule has 1 aliphatic rings. The van der Waals surface area contributed by atoms with Crippen LogP contribution in [0.4, 0.5) is 4.39 Å². The summed E-state index contributed by atoms with van der Waals surface area (Å²) in [6.07, 6.45) is 6.88. The number of halogens is 1. The molecule has 1 aromatic rings. The zero-order valence-electron chi connectivity index (χ0n) is 12.5. The number of carbonyl (C=O) groups is 2. The molecule has 0 radical (unpaired) electrons. The molecule has 0 bridgehead atoms. The minimum Gasteiger partial charge on any atom is -0.336 e. The Morgan fingerprint density at radius 1 is 1.00 bits per heavy atom. The highest BCUT2D eigenvalue weighted by atomic mass is 19.1. The SMILES string of the molecule is C/C=C/C=C/C(=O)N1CCN(C(=O)c2ccc(F)cc2)CC1. The van der Waals surface area contributed by atoms with Gasteiger partial charge in [-0.15, -0.1) is 0 Å². The largest absolute Gasteiger partial charge is 0.336 e. The van der Waals surface area contributed by atoms with E-state index in [0.29, 0.717) is 31.7 Å². The van der Waals surface area contributed by atoms with E-state index in [1.165, 1.54) is 30.3 Å². The van der Waals surface area contributed by atoms with E-state index < -0.39 is 0 Å². The van der Waals surface area contributed by atoms with Crippen LogP contribution in [0.25, 0.3) is 0 Å². The molecular formula is C17H19FN2O2. The summed E-state index contributed by atoms with van der Waals surface area (Å²) in [4.78, 5) is 27.6. The maximum absolute atomic E-state index is 12.9. The highest BCUT2D eigenvalue weighted by Crippen LogP contribution is 2.10. The Labute approximate surface area is 129 Å². The van der Waals surface area contributed by atoms with Gasteiger partial charge in [-0.1, -0.05) is 18.2 Å². The molecule has 0 aromatic heterocycles. The van der Waals surface area contributed by atoms with Crippen LogP contribution in [0.2, 0.25) is 0 Å². The molecule has 0 spiro atoms. The summed E-state index contributed by atoms with van der Waals surface area (Å²) in [7, 11) is 0. The summed E-state index contributed by atoms with van der Waals surface area (Å²) in [5, 5.41) is 0. The van der Waals surface area contributed by atoms with Crippen molar-refractivity contribution >= 4 is 11.8 Å². The molecule has 4 nitrogen and oxygen atoms in total. The van der Waals surface area contributed by atoms with Crippen molar-refractivity contribution in [3.05, 3.63) is 60.0 Å². The van der Waals surface area contributed by atoms with Gasteiger partial charge >= 0.3 is 0 Å². The van der Waals surface area contributed by atoms with E-state index in [1.54, 1.807) is 22.0 Å². The zero-order valence-corrected chi connectivity index (χ0v) is 12.5. The van der Waals surface area contributed by atoms with E-state index in [2.05, 4.69) is 0 Å². The van der Waals surface area contributed by atoms with Crippen molar-refractivity contribution < 1.29 is 14.0 Å². The molecule has 0 aliphatic carbocycles. The van der Waals surface area contributed by atoms with Crippen LogP contribution in [0, 0.1) is 5.82 Å². The number of benzene rings is 1. The summed E-state index contributed by atoms with van der Waals surface area (Å²) in [5.41, 5.74) is 0.467. The second kappa shape index (κ2) is 7.54. The monoisotopic (exact) mass is 302 g/mol. The summed E-state index contributed by atoms with van der Waals surface area (Å²) < 4.78 is 12.9. The molecule has 0 atom stereocenters. The van der Waals surface area contributed by atoms with Gasteiger partial charge in [0.2, 0.25) is 5.91 Å². The van der Waals surface area contributed by atoms with Gasteiger partial charge in [0.15, 0.2) is 0 Å². The van der Waals surface area contributed by atoms with E-state index in [4.69, 9.17) is 0 Å². The highest BCUT2D eigenvalue weighted by Gasteiger charge is 2.23. The lowest BCUT2D eigenvalue weighted by Crippen LogP contribution is -2.50. The first-order valence-corrected chi connectivity index (χ1v) is 7.25. The third kappa shape index (κ3) is 4.04. The first-order valence-electron chi connectivity index (χ1n) is 7.25. The lowest BCUT2D eigenvalue weighted by molar-refractivity contribution is -0.127. The molecule has 116 valence electrons. The van der Waals surface area contributed by atoms with Crippen molar-refractivity contribution in [2.45, 2.75) is 6.92 Å². The van der Waals surface area contributed by atoms with Crippen LogP contribution in [0.3, 0.4) is 0 Å². The fourth-order valence-electron chi connectivity index (χ4n) is 2.26. The number of allylic oxidation sites excluding steroid dienone is 3. The maximum atomic E-state index is 12.9. The number of hydrogen-bond donors (Lipinski definition) is 0. The molecule has 1 aromatic carbocycles. The van der Waals surface area contributed by atoms with Crippen molar-refractivity contribution in [1.82, 2.24) is 9.80 Å². The van der Waals surface area contributed by atoms with E-state index in [9.17, 15) is 14.0 Å². The van der Waals surface area contributed by atoms with Crippen molar-refractivity contribution in [3.63, 3.8) is 0 Å².